The highest BCUT2D eigenvalue weighted by molar-refractivity contribution is 7.13. The quantitative estimate of drug-likeness (QED) is 0.409. The standard InChI is InChI=1S/C21H19F4N5OS.C2HF3O2/c22-18-15(4-2-5-16(18)21(23,24)25)19(31)30-10-8-29(9-11-30)13-14-3-1-6-17(27-14)28-20-26-7-12-32-20;3-2(4,5)1(6)7/h1-7,12H,8-11,13H2,(H,26,27,28);(H,6,7). The maximum atomic E-state index is 14.3. The van der Waals surface area contributed by atoms with Crippen molar-refractivity contribution >= 4 is 34.2 Å². The van der Waals surface area contributed by atoms with E-state index >= 15 is 0 Å². The van der Waals surface area contributed by atoms with Gasteiger partial charge in [0.05, 0.1) is 16.8 Å². The minimum Gasteiger partial charge on any atom is -0.475 e. The zero-order chi connectivity index (χ0) is 28.8. The van der Waals surface area contributed by atoms with Gasteiger partial charge in [-0.3, -0.25) is 9.69 Å². The Kier molecular flexibility index (Phi) is 9.45. The monoisotopic (exact) mass is 579 g/mol. The van der Waals surface area contributed by atoms with Gasteiger partial charge < -0.3 is 15.3 Å². The van der Waals surface area contributed by atoms with E-state index in [2.05, 4.69) is 20.2 Å². The molecule has 0 radical (unpaired) electrons. The Bertz CT molecular complexity index is 1280. The molecule has 0 atom stereocenters. The Morgan fingerprint density at radius 1 is 1.00 bits per heavy atom. The van der Waals surface area contributed by atoms with Crippen LogP contribution in [0.25, 0.3) is 0 Å². The van der Waals surface area contributed by atoms with Gasteiger partial charge in [0.2, 0.25) is 0 Å². The number of amides is 1. The molecule has 3 aromatic rings. The van der Waals surface area contributed by atoms with Crippen molar-refractivity contribution in [2.75, 3.05) is 31.5 Å². The number of aliphatic carboxylic acids is 1. The predicted octanol–water partition coefficient (Wildman–Crippen LogP) is 5.03. The van der Waals surface area contributed by atoms with E-state index in [1.165, 1.54) is 16.2 Å². The largest absolute Gasteiger partial charge is 0.490 e. The summed E-state index contributed by atoms with van der Waals surface area (Å²) in [5, 5.41) is 12.9. The van der Waals surface area contributed by atoms with Gasteiger partial charge in [0.25, 0.3) is 5.91 Å². The van der Waals surface area contributed by atoms with E-state index < -0.39 is 41.2 Å². The Hall–Kier alpha value is -3.79. The molecule has 1 aromatic carbocycles. The van der Waals surface area contributed by atoms with Crippen LogP contribution in [0.3, 0.4) is 0 Å². The van der Waals surface area contributed by atoms with Crippen molar-refractivity contribution in [2.24, 2.45) is 0 Å². The topological polar surface area (TPSA) is 98.7 Å². The van der Waals surface area contributed by atoms with E-state index in [0.29, 0.717) is 31.5 Å². The summed E-state index contributed by atoms with van der Waals surface area (Å²) in [5.41, 5.74) is -1.16. The fourth-order valence-corrected chi connectivity index (χ4v) is 3.99. The molecule has 0 unspecified atom stereocenters. The Balaban J connectivity index is 0.000000532. The van der Waals surface area contributed by atoms with Gasteiger partial charge in [-0.25, -0.2) is 19.2 Å². The van der Waals surface area contributed by atoms with Crippen molar-refractivity contribution in [1.29, 1.82) is 0 Å². The van der Waals surface area contributed by atoms with Crippen LogP contribution in [0.15, 0.2) is 48.0 Å². The van der Waals surface area contributed by atoms with Crippen molar-refractivity contribution in [2.45, 2.75) is 18.9 Å². The minimum atomic E-state index is -5.08. The van der Waals surface area contributed by atoms with Crippen LogP contribution < -0.4 is 5.32 Å². The smallest absolute Gasteiger partial charge is 0.475 e. The highest BCUT2D eigenvalue weighted by atomic mass is 32.1. The summed E-state index contributed by atoms with van der Waals surface area (Å²) in [6.07, 6.45) is -8.24. The number of hydrogen-bond donors (Lipinski definition) is 2. The van der Waals surface area contributed by atoms with E-state index in [-0.39, 0.29) is 13.1 Å². The van der Waals surface area contributed by atoms with Gasteiger partial charge in [-0.2, -0.15) is 26.3 Å². The third kappa shape index (κ3) is 8.35. The third-order valence-corrected chi connectivity index (χ3v) is 5.98. The summed E-state index contributed by atoms with van der Waals surface area (Å²) in [4.78, 5) is 33.7. The highest BCUT2D eigenvalue weighted by Crippen LogP contribution is 2.32. The second-order valence-electron chi connectivity index (χ2n) is 8.01. The fourth-order valence-electron chi connectivity index (χ4n) is 3.46. The molecule has 1 aliphatic rings. The molecule has 1 fully saturated rings. The number of pyridine rings is 1. The number of carbonyl (C=O) groups excluding carboxylic acids is 1. The molecule has 16 heteroatoms. The van der Waals surface area contributed by atoms with Crippen LogP contribution >= 0.6 is 11.3 Å². The van der Waals surface area contributed by atoms with E-state index in [0.717, 1.165) is 23.0 Å². The van der Waals surface area contributed by atoms with Crippen LogP contribution in [0.4, 0.5) is 41.7 Å². The van der Waals surface area contributed by atoms with E-state index in [1.807, 2.05) is 23.6 Å². The molecule has 0 bridgehead atoms. The number of aromatic nitrogens is 2. The summed E-state index contributed by atoms with van der Waals surface area (Å²) in [6, 6.07) is 8.38. The molecule has 0 aliphatic carbocycles. The zero-order valence-electron chi connectivity index (χ0n) is 19.8. The molecular weight excluding hydrogens is 559 g/mol. The molecule has 8 nitrogen and oxygen atoms in total. The van der Waals surface area contributed by atoms with Crippen molar-refractivity contribution in [1.82, 2.24) is 19.8 Å². The number of carboxylic acid groups (broad SMARTS) is 1. The van der Waals surface area contributed by atoms with Crippen molar-refractivity contribution in [3.05, 3.63) is 70.6 Å². The van der Waals surface area contributed by atoms with E-state index in [4.69, 9.17) is 9.90 Å². The normalized spacial score (nSPS) is 14.4. The molecule has 4 rings (SSSR count). The Labute approximate surface area is 220 Å². The van der Waals surface area contributed by atoms with Crippen LogP contribution in [0, 0.1) is 5.82 Å². The van der Waals surface area contributed by atoms with Crippen molar-refractivity contribution < 1.29 is 45.4 Å². The SMILES string of the molecule is O=C(O)C(F)(F)F.O=C(c1cccc(C(F)(F)F)c1F)N1CCN(Cc2cccc(Nc3nccs3)n2)CC1. The van der Waals surface area contributed by atoms with Crippen molar-refractivity contribution in [3.8, 4) is 0 Å². The molecule has 2 N–H and O–H groups in total. The Morgan fingerprint density at radius 2 is 1.64 bits per heavy atom. The van der Waals surface area contributed by atoms with Crippen LogP contribution in [-0.2, 0) is 17.5 Å². The molecule has 39 heavy (non-hydrogen) atoms. The molecule has 0 spiro atoms. The summed E-state index contributed by atoms with van der Waals surface area (Å²) in [5.74, 6) is -4.35. The number of nitrogens with zero attached hydrogens (tertiary/aromatic N) is 4. The number of halogens is 7. The lowest BCUT2D eigenvalue weighted by molar-refractivity contribution is -0.192. The predicted molar refractivity (Wildman–Crippen MR) is 126 cm³/mol. The molecule has 1 aliphatic heterocycles. The molecular formula is C23H20F7N5O3S. The number of hydrogen-bond acceptors (Lipinski definition) is 7. The zero-order valence-corrected chi connectivity index (χ0v) is 20.6. The van der Waals surface area contributed by atoms with Crippen LogP contribution in [-0.4, -0.2) is 69.1 Å². The average Bonchev–Trinajstić information content (AvgIpc) is 3.37. The van der Waals surface area contributed by atoms with Gasteiger partial charge in [-0.15, -0.1) is 11.3 Å². The number of nitrogens with one attached hydrogen (secondary N) is 1. The molecule has 0 saturated carbocycles. The molecule has 1 amide bonds. The summed E-state index contributed by atoms with van der Waals surface area (Å²) >= 11 is 1.46. The highest BCUT2D eigenvalue weighted by Gasteiger charge is 2.38. The first-order chi connectivity index (χ1) is 18.3. The summed E-state index contributed by atoms with van der Waals surface area (Å²) < 4.78 is 84.9. The summed E-state index contributed by atoms with van der Waals surface area (Å²) in [6.45, 7) is 2.11. The second kappa shape index (κ2) is 12.4. The lowest BCUT2D eigenvalue weighted by atomic mass is 10.1. The second-order valence-corrected chi connectivity index (χ2v) is 8.91. The summed E-state index contributed by atoms with van der Waals surface area (Å²) in [7, 11) is 0. The number of benzene rings is 1. The number of alkyl halides is 6. The van der Waals surface area contributed by atoms with Gasteiger partial charge in [0.15, 0.2) is 5.13 Å². The van der Waals surface area contributed by atoms with Gasteiger partial charge in [-0.05, 0) is 24.3 Å². The Morgan fingerprint density at radius 3 is 2.21 bits per heavy atom. The fraction of sp³-hybridized carbons (Fsp3) is 0.304. The first-order valence-corrected chi connectivity index (χ1v) is 11.9. The maximum Gasteiger partial charge on any atom is 0.490 e. The molecule has 1 saturated heterocycles. The van der Waals surface area contributed by atoms with Gasteiger partial charge >= 0.3 is 18.3 Å². The maximum absolute atomic E-state index is 14.3. The van der Waals surface area contributed by atoms with Crippen LogP contribution in [0.2, 0.25) is 0 Å². The van der Waals surface area contributed by atoms with Gasteiger partial charge in [-0.1, -0.05) is 12.1 Å². The molecule has 2 aromatic heterocycles. The first kappa shape index (κ1) is 29.8. The lowest BCUT2D eigenvalue weighted by Crippen LogP contribution is -2.48. The number of rotatable bonds is 5. The third-order valence-electron chi connectivity index (χ3n) is 5.30. The molecule has 3 heterocycles. The van der Waals surface area contributed by atoms with E-state index in [9.17, 15) is 35.5 Å². The number of thiazole rings is 1. The van der Waals surface area contributed by atoms with Crippen molar-refractivity contribution in [3.63, 3.8) is 0 Å². The van der Waals surface area contributed by atoms with Gasteiger partial charge in [0.1, 0.15) is 11.6 Å². The average molecular weight is 579 g/mol. The van der Waals surface area contributed by atoms with Crippen LogP contribution in [0.1, 0.15) is 21.6 Å². The minimum absolute atomic E-state index is 0.283. The number of carbonyl (C=O) groups is 2. The number of anilines is 2. The van der Waals surface area contributed by atoms with Crippen LogP contribution in [0.5, 0.6) is 0 Å². The van der Waals surface area contributed by atoms with Gasteiger partial charge in [0, 0.05) is 44.3 Å². The van der Waals surface area contributed by atoms with E-state index in [1.54, 1.807) is 6.20 Å². The first-order valence-electron chi connectivity index (χ1n) is 11.1. The molecule has 210 valence electrons. The number of piperazine rings is 1. The lowest BCUT2D eigenvalue weighted by Gasteiger charge is -2.34. The number of carboxylic acids is 1.